The summed E-state index contributed by atoms with van der Waals surface area (Å²) in [6, 6.07) is 14.3. The zero-order chi connectivity index (χ0) is 16.3. The van der Waals surface area contributed by atoms with Crippen LogP contribution in [0.4, 0.5) is 0 Å². The Morgan fingerprint density at radius 3 is 2.57 bits per heavy atom. The highest BCUT2D eigenvalue weighted by molar-refractivity contribution is 5.83. The molecule has 1 heterocycles. The summed E-state index contributed by atoms with van der Waals surface area (Å²) in [4.78, 5) is 0. The number of rotatable bonds is 5. The van der Waals surface area contributed by atoms with Crippen LogP contribution in [0.1, 0.15) is 19.8 Å². The first-order valence-corrected chi connectivity index (χ1v) is 8.67. The van der Waals surface area contributed by atoms with E-state index in [-0.39, 0.29) is 0 Å². The monoisotopic (exact) mass is 314 g/mol. The van der Waals surface area contributed by atoms with Gasteiger partial charge < -0.3 is 14.3 Å². The SMILES string of the molecule is CC1CC[N+](C)(CC(O)COc2ccc3ccccc3c2)CC1. The molecule has 0 amide bonds. The molecule has 0 aromatic heterocycles. The van der Waals surface area contributed by atoms with E-state index in [0.29, 0.717) is 6.61 Å². The second kappa shape index (κ2) is 6.90. The van der Waals surface area contributed by atoms with E-state index in [1.807, 2.05) is 24.3 Å². The molecule has 0 saturated carbocycles. The van der Waals surface area contributed by atoms with Crippen LogP contribution in [-0.2, 0) is 0 Å². The van der Waals surface area contributed by atoms with Gasteiger partial charge in [0.2, 0.25) is 0 Å². The first kappa shape index (κ1) is 16.3. The molecule has 1 aliphatic heterocycles. The third-order valence-corrected chi connectivity index (χ3v) is 5.14. The van der Waals surface area contributed by atoms with Crippen molar-refractivity contribution in [1.29, 1.82) is 0 Å². The van der Waals surface area contributed by atoms with Crippen molar-refractivity contribution in [3.8, 4) is 5.75 Å². The van der Waals surface area contributed by atoms with Gasteiger partial charge in [-0.1, -0.05) is 37.3 Å². The van der Waals surface area contributed by atoms with Gasteiger partial charge in [0, 0.05) is 0 Å². The fraction of sp³-hybridized carbons (Fsp3) is 0.500. The maximum atomic E-state index is 10.4. The van der Waals surface area contributed by atoms with Gasteiger partial charge in [-0.15, -0.1) is 0 Å². The molecule has 1 fully saturated rings. The maximum absolute atomic E-state index is 10.4. The number of nitrogens with zero attached hydrogens (tertiary/aromatic N) is 1. The highest BCUT2D eigenvalue weighted by atomic mass is 16.5. The molecule has 2 aromatic rings. The number of aliphatic hydroxyl groups excluding tert-OH is 1. The Morgan fingerprint density at radius 2 is 1.83 bits per heavy atom. The number of likely N-dealkylation sites (N-methyl/N-ethyl adjacent to an activating group) is 1. The van der Waals surface area contributed by atoms with E-state index in [1.165, 1.54) is 23.6 Å². The predicted octanol–water partition coefficient (Wildman–Crippen LogP) is 3.46. The number of quaternary nitrogens is 1. The van der Waals surface area contributed by atoms with Crippen molar-refractivity contribution in [2.45, 2.75) is 25.9 Å². The molecule has 1 aliphatic rings. The van der Waals surface area contributed by atoms with Gasteiger partial charge in [-0.25, -0.2) is 0 Å². The summed E-state index contributed by atoms with van der Waals surface area (Å²) in [5, 5.41) is 12.7. The smallest absolute Gasteiger partial charge is 0.137 e. The fourth-order valence-electron chi connectivity index (χ4n) is 3.51. The van der Waals surface area contributed by atoms with Crippen molar-refractivity contribution in [1.82, 2.24) is 0 Å². The molecule has 1 saturated heterocycles. The van der Waals surface area contributed by atoms with Crippen LogP contribution in [0.3, 0.4) is 0 Å². The van der Waals surface area contributed by atoms with Gasteiger partial charge in [0.15, 0.2) is 0 Å². The lowest BCUT2D eigenvalue weighted by Crippen LogP contribution is -2.54. The highest BCUT2D eigenvalue weighted by Gasteiger charge is 2.30. The topological polar surface area (TPSA) is 29.5 Å². The molecule has 1 atom stereocenters. The summed E-state index contributed by atoms with van der Waals surface area (Å²) in [5.41, 5.74) is 0. The minimum Gasteiger partial charge on any atom is -0.491 e. The van der Waals surface area contributed by atoms with E-state index in [2.05, 4.69) is 32.2 Å². The van der Waals surface area contributed by atoms with Crippen LogP contribution in [0.25, 0.3) is 10.8 Å². The third-order valence-electron chi connectivity index (χ3n) is 5.14. The summed E-state index contributed by atoms with van der Waals surface area (Å²) < 4.78 is 6.79. The normalized spacial score (nSPS) is 26.1. The molecule has 3 heteroatoms. The predicted molar refractivity (Wildman–Crippen MR) is 94.6 cm³/mol. The number of likely N-dealkylation sites (tertiary alicyclic amines) is 1. The lowest BCUT2D eigenvalue weighted by Gasteiger charge is -2.41. The summed E-state index contributed by atoms with van der Waals surface area (Å²) in [6.45, 7) is 5.78. The minimum absolute atomic E-state index is 0.363. The molecule has 0 spiro atoms. The Labute approximate surface area is 139 Å². The van der Waals surface area contributed by atoms with Crippen molar-refractivity contribution < 1.29 is 14.3 Å². The van der Waals surface area contributed by atoms with E-state index in [1.54, 1.807) is 0 Å². The van der Waals surface area contributed by atoms with Crippen LogP contribution >= 0.6 is 0 Å². The summed E-state index contributed by atoms with van der Waals surface area (Å²) >= 11 is 0. The average Bonchev–Trinajstić information content (AvgIpc) is 2.56. The van der Waals surface area contributed by atoms with E-state index >= 15 is 0 Å². The third kappa shape index (κ3) is 4.24. The van der Waals surface area contributed by atoms with Gasteiger partial charge in [0.25, 0.3) is 0 Å². The van der Waals surface area contributed by atoms with Crippen LogP contribution in [0.5, 0.6) is 5.75 Å². The molecule has 2 aromatic carbocycles. The first-order valence-electron chi connectivity index (χ1n) is 8.67. The molecule has 3 rings (SSSR count). The molecule has 0 bridgehead atoms. The largest absolute Gasteiger partial charge is 0.491 e. The van der Waals surface area contributed by atoms with E-state index in [0.717, 1.165) is 35.8 Å². The Bertz CT molecular complexity index is 647. The van der Waals surface area contributed by atoms with Gasteiger partial charge >= 0.3 is 0 Å². The number of aliphatic hydroxyl groups is 1. The maximum Gasteiger partial charge on any atom is 0.137 e. The molecule has 124 valence electrons. The van der Waals surface area contributed by atoms with Crippen LogP contribution in [-0.4, -0.2) is 49.0 Å². The molecule has 0 radical (unpaired) electrons. The molecule has 3 nitrogen and oxygen atoms in total. The van der Waals surface area contributed by atoms with E-state index < -0.39 is 6.10 Å². The Balaban J connectivity index is 1.54. The van der Waals surface area contributed by atoms with Crippen molar-refractivity contribution in [3.05, 3.63) is 42.5 Å². The number of piperidine rings is 1. The summed E-state index contributed by atoms with van der Waals surface area (Å²) in [5.74, 6) is 1.66. The van der Waals surface area contributed by atoms with Crippen molar-refractivity contribution in [3.63, 3.8) is 0 Å². The second-order valence-corrected chi connectivity index (χ2v) is 7.41. The lowest BCUT2D eigenvalue weighted by molar-refractivity contribution is -0.918. The summed E-state index contributed by atoms with van der Waals surface area (Å²) in [7, 11) is 2.26. The lowest BCUT2D eigenvalue weighted by atomic mass is 9.97. The number of ether oxygens (including phenoxy) is 1. The zero-order valence-electron chi connectivity index (χ0n) is 14.2. The Kier molecular flexibility index (Phi) is 4.88. The van der Waals surface area contributed by atoms with Crippen molar-refractivity contribution in [2.75, 3.05) is 33.3 Å². The van der Waals surface area contributed by atoms with Crippen molar-refractivity contribution >= 4 is 10.8 Å². The molecule has 1 unspecified atom stereocenters. The summed E-state index contributed by atoms with van der Waals surface area (Å²) in [6.07, 6.45) is 2.10. The van der Waals surface area contributed by atoms with Crippen LogP contribution in [0, 0.1) is 5.92 Å². The standard InChI is InChI=1S/C20H28NO2/c1-16-9-11-21(2,12-10-16)14-19(22)15-23-20-8-7-17-5-3-4-6-18(17)13-20/h3-8,13,16,19,22H,9-12,14-15H2,1-2H3/q+1. The zero-order valence-corrected chi connectivity index (χ0v) is 14.2. The number of hydrogen-bond donors (Lipinski definition) is 1. The number of fused-ring (bicyclic) bond motifs is 1. The van der Waals surface area contributed by atoms with Crippen molar-refractivity contribution in [2.24, 2.45) is 5.92 Å². The van der Waals surface area contributed by atoms with Crippen LogP contribution < -0.4 is 4.74 Å². The average molecular weight is 314 g/mol. The van der Waals surface area contributed by atoms with Crippen LogP contribution in [0.2, 0.25) is 0 Å². The number of hydrogen-bond acceptors (Lipinski definition) is 2. The van der Waals surface area contributed by atoms with Gasteiger partial charge in [0.05, 0.1) is 20.1 Å². The van der Waals surface area contributed by atoms with Crippen LogP contribution in [0.15, 0.2) is 42.5 Å². The quantitative estimate of drug-likeness (QED) is 0.857. The molecule has 0 aliphatic carbocycles. The van der Waals surface area contributed by atoms with E-state index in [4.69, 9.17) is 4.74 Å². The molecular weight excluding hydrogens is 286 g/mol. The van der Waals surface area contributed by atoms with Gasteiger partial charge in [-0.05, 0) is 41.7 Å². The van der Waals surface area contributed by atoms with Gasteiger partial charge in [0.1, 0.15) is 25.0 Å². The fourth-order valence-corrected chi connectivity index (χ4v) is 3.51. The first-order chi connectivity index (χ1) is 11.0. The Morgan fingerprint density at radius 1 is 1.13 bits per heavy atom. The minimum atomic E-state index is -0.417. The van der Waals surface area contributed by atoms with Gasteiger partial charge in [-0.3, -0.25) is 0 Å². The molecule has 23 heavy (non-hydrogen) atoms. The number of benzene rings is 2. The molecule has 1 N–H and O–H groups in total. The van der Waals surface area contributed by atoms with Gasteiger partial charge in [-0.2, -0.15) is 0 Å². The Hall–Kier alpha value is -1.58. The van der Waals surface area contributed by atoms with E-state index in [9.17, 15) is 5.11 Å². The molecular formula is C20H28NO2+. The highest BCUT2D eigenvalue weighted by Crippen LogP contribution is 2.23. The second-order valence-electron chi connectivity index (χ2n) is 7.41.